The maximum atomic E-state index is 13.5. The smallest absolute Gasteiger partial charge is 0.408 e. The molecule has 3 rings (SSSR count). The maximum Gasteiger partial charge on any atom is 0.408 e. The van der Waals surface area contributed by atoms with E-state index in [1.807, 2.05) is 4.90 Å². The van der Waals surface area contributed by atoms with Crippen molar-refractivity contribution in [2.45, 2.75) is 33.3 Å². The van der Waals surface area contributed by atoms with Crippen LogP contribution in [0.2, 0.25) is 0 Å². The summed E-state index contributed by atoms with van der Waals surface area (Å²) < 4.78 is 31.0. The van der Waals surface area contributed by atoms with E-state index in [4.69, 9.17) is 10.5 Å². The molecule has 2 unspecified atom stereocenters. The lowest BCUT2D eigenvalue weighted by Crippen LogP contribution is -2.37. The van der Waals surface area contributed by atoms with E-state index in [2.05, 4.69) is 12.2 Å². The largest absolute Gasteiger partial charge is 0.444 e. The van der Waals surface area contributed by atoms with Crippen LogP contribution in [0.3, 0.4) is 0 Å². The van der Waals surface area contributed by atoms with Gasteiger partial charge in [0.2, 0.25) is 5.91 Å². The molecule has 2 aliphatic rings. The molecule has 1 aliphatic carbocycles. The van der Waals surface area contributed by atoms with Crippen molar-refractivity contribution >= 4 is 17.7 Å². The zero-order valence-electron chi connectivity index (χ0n) is 16.1. The van der Waals surface area contributed by atoms with Crippen LogP contribution in [0.25, 0.3) is 0 Å². The third kappa shape index (κ3) is 6.08. The van der Waals surface area contributed by atoms with Crippen molar-refractivity contribution in [1.82, 2.24) is 5.32 Å². The monoisotopic (exact) mass is 387 g/mol. The number of ether oxygens (including phenoxy) is 1. The zero-order valence-corrected chi connectivity index (χ0v) is 16.1. The number of carbonyl (C=O) groups is 2. The Morgan fingerprint density at radius 2 is 1.89 bits per heavy atom. The van der Waals surface area contributed by atoms with Gasteiger partial charge in [-0.15, -0.1) is 0 Å². The molecule has 1 aliphatic heterocycles. The Bertz CT molecular complexity index is 704. The van der Waals surface area contributed by atoms with Gasteiger partial charge in [-0.2, -0.15) is 0 Å². The van der Waals surface area contributed by atoms with Crippen molar-refractivity contribution in [2.24, 2.45) is 23.5 Å². The minimum Gasteiger partial charge on any atom is -0.444 e. The summed E-state index contributed by atoms with van der Waals surface area (Å²) in [6.45, 7) is 9.09. The van der Waals surface area contributed by atoms with E-state index in [9.17, 15) is 18.4 Å². The predicted molar refractivity (Wildman–Crippen MR) is 102 cm³/mol. The number of hydrogen-bond acceptors (Lipinski definition) is 4. The molecule has 0 radical (unpaired) electrons. The van der Waals surface area contributed by atoms with Crippen molar-refractivity contribution in [1.29, 1.82) is 0 Å². The van der Waals surface area contributed by atoms with Gasteiger partial charge in [-0.05, 0) is 50.7 Å². The summed E-state index contributed by atoms with van der Waals surface area (Å²) in [6, 6.07) is 3.83. The highest BCUT2D eigenvalue weighted by atomic mass is 19.1. The number of primary amides is 1. The molecule has 1 saturated heterocycles. The first-order valence-corrected chi connectivity index (χ1v) is 8.93. The number of carbonyl (C=O) groups excluding carboxylic acids is 2. The summed E-state index contributed by atoms with van der Waals surface area (Å²) in [4.78, 5) is 23.1. The van der Waals surface area contributed by atoms with Crippen molar-refractivity contribution < 1.29 is 26.0 Å². The number of nitrogens with zero attached hydrogens (tertiary/aromatic N) is 1. The topological polar surface area (TPSA) is 84.7 Å². The Morgan fingerprint density at radius 3 is 2.37 bits per heavy atom. The first-order chi connectivity index (χ1) is 12.5. The number of anilines is 1. The van der Waals surface area contributed by atoms with Gasteiger partial charge in [0.05, 0.1) is 12.2 Å². The van der Waals surface area contributed by atoms with Crippen molar-refractivity contribution in [3.8, 4) is 0 Å². The van der Waals surface area contributed by atoms with Gasteiger partial charge < -0.3 is 20.7 Å². The Morgan fingerprint density at radius 1 is 1.30 bits per heavy atom. The second kappa shape index (κ2) is 8.10. The maximum absolute atomic E-state index is 13.5. The number of amides is 2. The van der Waals surface area contributed by atoms with E-state index in [-0.39, 0.29) is 9.40 Å². The summed E-state index contributed by atoms with van der Waals surface area (Å²) in [6.07, 6.45) is -0.638. The number of hydrogen-bond donors (Lipinski definition) is 2. The quantitative estimate of drug-likeness (QED) is 0.834. The van der Waals surface area contributed by atoms with Crippen molar-refractivity contribution in [3.63, 3.8) is 0 Å². The molecule has 1 aromatic carbocycles. The molecule has 1 saturated carbocycles. The predicted octanol–water partition coefficient (Wildman–Crippen LogP) is 3.16. The van der Waals surface area contributed by atoms with Gasteiger partial charge in [-0.25, -0.2) is 13.6 Å². The van der Waals surface area contributed by atoms with Crippen LogP contribution in [0.15, 0.2) is 18.2 Å². The Labute approximate surface area is 161 Å². The molecule has 8 heteroatoms. The fourth-order valence-electron chi connectivity index (χ4n) is 3.23. The van der Waals surface area contributed by atoms with Crippen molar-refractivity contribution in [2.75, 3.05) is 24.5 Å². The molecular weight excluding hydrogens is 356 g/mol. The zero-order chi connectivity index (χ0) is 20.4. The molecule has 1 aromatic rings. The lowest BCUT2D eigenvalue weighted by Gasteiger charge is -2.21. The van der Waals surface area contributed by atoms with Crippen LogP contribution in [0.5, 0.6) is 0 Å². The van der Waals surface area contributed by atoms with Crippen LogP contribution in [-0.2, 0) is 9.53 Å². The summed E-state index contributed by atoms with van der Waals surface area (Å²) in [7, 11) is 0. The number of piperidine rings is 1. The van der Waals surface area contributed by atoms with E-state index >= 15 is 0 Å². The highest BCUT2D eigenvalue weighted by Crippen LogP contribution is 2.52. The van der Waals surface area contributed by atoms with E-state index in [0.29, 0.717) is 5.69 Å². The molecule has 0 spiro atoms. The van der Waals surface area contributed by atoms with E-state index in [1.165, 1.54) is 6.07 Å². The molecule has 1 heterocycles. The minimum atomic E-state index is -0.638. The van der Waals surface area contributed by atoms with E-state index in [1.54, 1.807) is 26.8 Å². The second-order valence-electron chi connectivity index (χ2n) is 8.01. The Hall–Kier alpha value is -2.38. The Kier molecular flexibility index (Phi) is 6.28. The Balaban J connectivity index is 0.000000521. The SMILES string of the molecule is CC(C)(C)OC(=O)NCC(N)=O.CC1C2CN(c3ccc(F)cc3F)CC12.[HH].[HH]. The van der Waals surface area contributed by atoms with Crippen LogP contribution in [-0.4, -0.2) is 37.2 Å². The molecule has 6 nitrogen and oxygen atoms in total. The molecule has 3 N–H and O–H groups in total. The van der Waals surface area contributed by atoms with E-state index < -0.39 is 29.2 Å². The molecule has 0 aromatic heterocycles. The van der Waals surface area contributed by atoms with Crippen LogP contribution in [0, 0.1) is 29.4 Å². The summed E-state index contributed by atoms with van der Waals surface area (Å²) >= 11 is 0. The highest BCUT2D eigenvalue weighted by molar-refractivity contribution is 5.80. The lowest BCUT2D eigenvalue weighted by molar-refractivity contribution is -0.117. The summed E-state index contributed by atoms with van der Waals surface area (Å²) in [5.41, 5.74) is 4.79. The fourth-order valence-corrected chi connectivity index (χ4v) is 3.23. The van der Waals surface area contributed by atoms with Crippen LogP contribution < -0.4 is 16.0 Å². The van der Waals surface area contributed by atoms with Gasteiger partial charge in [0.15, 0.2) is 0 Å². The normalized spacial score (nSPS) is 23.0. The van der Waals surface area contributed by atoms with Crippen molar-refractivity contribution in [3.05, 3.63) is 29.8 Å². The molecule has 27 heavy (non-hydrogen) atoms. The molecule has 154 valence electrons. The molecular formula is C19H31F2N3O3. The van der Waals surface area contributed by atoms with Gasteiger partial charge in [0.25, 0.3) is 0 Å². The van der Waals surface area contributed by atoms with Gasteiger partial charge in [-0.3, -0.25) is 4.79 Å². The third-order valence-electron chi connectivity index (χ3n) is 4.68. The van der Waals surface area contributed by atoms with Gasteiger partial charge >= 0.3 is 6.09 Å². The number of nitrogens with one attached hydrogen (secondary N) is 1. The summed E-state index contributed by atoms with van der Waals surface area (Å²) in [5.74, 6) is 0.715. The number of benzene rings is 1. The van der Waals surface area contributed by atoms with Crippen LogP contribution >= 0.6 is 0 Å². The molecule has 2 atom stereocenters. The highest BCUT2D eigenvalue weighted by Gasteiger charge is 2.52. The third-order valence-corrected chi connectivity index (χ3v) is 4.68. The molecule has 2 amide bonds. The van der Waals surface area contributed by atoms with Gasteiger partial charge in [0, 0.05) is 22.0 Å². The summed E-state index contributed by atoms with van der Waals surface area (Å²) in [5, 5.41) is 2.20. The minimum absolute atomic E-state index is 0. The van der Waals surface area contributed by atoms with Crippen LogP contribution in [0.4, 0.5) is 19.3 Å². The van der Waals surface area contributed by atoms with E-state index in [0.717, 1.165) is 36.9 Å². The first kappa shape index (κ1) is 20.9. The fraction of sp³-hybridized carbons (Fsp3) is 0.579. The molecule has 2 fully saturated rings. The number of alkyl carbamates (subject to hydrolysis) is 1. The number of nitrogens with two attached hydrogens (primary N) is 1. The molecule has 0 bridgehead atoms. The van der Waals surface area contributed by atoms with Crippen LogP contribution in [0.1, 0.15) is 30.5 Å². The first-order valence-electron chi connectivity index (χ1n) is 8.93. The van der Waals surface area contributed by atoms with Gasteiger partial charge in [0.1, 0.15) is 17.2 Å². The van der Waals surface area contributed by atoms with Gasteiger partial charge in [-0.1, -0.05) is 6.92 Å². The number of fused-ring (bicyclic) bond motifs is 1. The average Bonchev–Trinajstić information content (AvgIpc) is 2.94. The average molecular weight is 387 g/mol. The standard InChI is InChI=1S/C12H13F2N.C7H14N2O3.2H2/c1-7-9-5-15(6-10(7)9)12-3-2-8(13)4-11(12)14;1-7(2,3)12-6(11)9-4-5(8)10;;/h2-4,7,9-10H,5-6H2,1H3;4H2,1-3H3,(H2,8,10)(H,9,11);2*1H. The number of halogens is 2. The second-order valence-corrected chi connectivity index (χ2v) is 8.01. The lowest BCUT2D eigenvalue weighted by atomic mass is 10.2. The number of rotatable bonds is 3.